The van der Waals surface area contributed by atoms with Crippen LogP contribution in [0, 0.1) is 0 Å². The topological polar surface area (TPSA) is 91.2 Å². The number of hydrogen-bond acceptors (Lipinski definition) is 5. The van der Waals surface area contributed by atoms with E-state index in [1.54, 1.807) is 48.5 Å². The Labute approximate surface area is 134 Å². The van der Waals surface area contributed by atoms with E-state index >= 15 is 0 Å². The smallest absolute Gasteiger partial charge is 0.273 e. The number of nitrogens with one attached hydrogen (secondary N) is 1. The number of benzene rings is 2. The third kappa shape index (κ3) is 4.31. The highest BCUT2D eigenvalue weighted by Gasteiger charge is 2.16. The molecular weight excluding hydrogens is 296 g/mol. The number of aliphatic hydroxyl groups is 1. The fourth-order valence-electron chi connectivity index (χ4n) is 1.93. The van der Waals surface area contributed by atoms with Crippen LogP contribution in [-0.4, -0.2) is 28.9 Å². The number of hydrazone groups is 1. The molecule has 0 aliphatic carbocycles. The van der Waals surface area contributed by atoms with Gasteiger partial charge < -0.3 is 14.9 Å². The van der Waals surface area contributed by atoms with Crippen LogP contribution in [0.3, 0.4) is 0 Å². The minimum atomic E-state index is -1.31. The van der Waals surface area contributed by atoms with Gasteiger partial charge in [0.25, 0.3) is 5.91 Å². The molecule has 0 fully saturated rings. The molecule has 23 heavy (non-hydrogen) atoms. The molecule has 0 radical (unpaired) electrons. The summed E-state index contributed by atoms with van der Waals surface area (Å²) in [6.45, 7) is 2.24. The number of phenols is 1. The lowest BCUT2D eigenvalue weighted by molar-refractivity contribution is -0.129. The molecule has 0 aliphatic rings. The monoisotopic (exact) mass is 314 g/mol. The largest absolute Gasteiger partial charge is 0.504 e. The molecule has 0 spiro atoms. The summed E-state index contributed by atoms with van der Waals surface area (Å²) in [5, 5.41) is 23.6. The number of carbonyl (C=O) groups excluding carboxylic acids is 1. The lowest BCUT2D eigenvalue weighted by Crippen LogP contribution is -2.25. The van der Waals surface area contributed by atoms with Crippen LogP contribution in [0.1, 0.15) is 24.2 Å². The number of para-hydroxylation sites is 1. The summed E-state index contributed by atoms with van der Waals surface area (Å²) >= 11 is 0. The van der Waals surface area contributed by atoms with Gasteiger partial charge in [-0.2, -0.15) is 5.10 Å². The Kier molecular flexibility index (Phi) is 5.71. The lowest BCUT2D eigenvalue weighted by Gasteiger charge is -2.09. The highest BCUT2D eigenvalue weighted by molar-refractivity contribution is 5.87. The second-order valence-corrected chi connectivity index (χ2v) is 4.67. The first-order chi connectivity index (χ1) is 11.1. The van der Waals surface area contributed by atoms with Crippen molar-refractivity contribution in [2.24, 2.45) is 5.10 Å². The van der Waals surface area contributed by atoms with Crippen LogP contribution in [0.5, 0.6) is 11.5 Å². The molecule has 6 heteroatoms. The highest BCUT2D eigenvalue weighted by Crippen LogP contribution is 2.28. The van der Waals surface area contributed by atoms with Gasteiger partial charge in [0.05, 0.1) is 12.8 Å². The van der Waals surface area contributed by atoms with Crippen LogP contribution in [0.15, 0.2) is 53.6 Å². The van der Waals surface area contributed by atoms with Crippen LogP contribution in [0.2, 0.25) is 0 Å². The second-order valence-electron chi connectivity index (χ2n) is 4.67. The van der Waals surface area contributed by atoms with Gasteiger partial charge in [0.15, 0.2) is 17.6 Å². The van der Waals surface area contributed by atoms with E-state index in [0.29, 0.717) is 23.5 Å². The summed E-state index contributed by atoms with van der Waals surface area (Å²) in [7, 11) is 0. The first kappa shape index (κ1) is 16.5. The second kappa shape index (κ2) is 7.95. The quantitative estimate of drug-likeness (QED) is 0.561. The molecule has 2 aromatic rings. The van der Waals surface area contributed by atoms with Gasteiger partial charge in [-0.3, -0.25) is 4.79 Å². The summed E-state index contributed by atoms with van der Waals surface area (Å²) in [5.41, 5.74) is 3.10. The van der Waals surface area contributed by atoms with Crippen LogP contribution in [-0.2, 0) is 4.79 Å². The Morgan fingerprint density at radius 1 is 1.26 bits per heavy atom. The Balaban J connectivity index is 2.02. The average molecular weight is 314 g/mol. The maximum absolute atomic E-state index is 11.8. The first-order valence-corrected chi connectivity index (χ1v) is 7.14. The number of ether oxygens (including phenoxy) is 1. The summed E-state index contributed by atoms with van der Waals surface area (Å²) in [5.74, 6) is -0.379. The van der Waals surface area contributed by atoms with E-state index in [1.807, 2.05) is 6.92 Å². The number of rotatable bonds is 6. The molecule has 2 aromatic carbocycles. The predicted octanol–water partition coefficient (Wildman–Crippen LogP) is 1.97. The van der Waals surface area contributed by atoms with Gasteiger partial charge in [-0.15, -0.1) is 0 Å². The van der Waals surface area contributed by atoms with E-state index in [1.165, 1.54) is 6.21 Å². The van der Waals surface area contributed by atoms with Crippen molar-refractivity contribution >= 4 is 12.1 Å². The number of amides is 1. The summed E-state index contributed by atoms with van der Waals surface area (Å²) < 4.78 is 5.26. The van der Waals surface area contributed by atoms with Crippen molar-refractivity contribution in [1.29, 1.82) is 0 Å². The molecule has 2 rings (SSSR count). The van der Waals surface area contributed by atoms with Crippen molar-refractivity contribution in [2.75, 3.05) is 6.61 Å². The molecule has 0 heterocycles. The summed E-state index contributed by atoms with van der Waals surface area (Å²) in [6.07, 6.45) is -0.0234. The molecule has 6 nitrogen and oxygen atoms in total. The van der Waals surface area contributed by atoms with E-state index < -0.39 is 12.0 Å². The standard InChI is InChI=1S/C17H18N2O4/c1-2-23-14-10-6-9-13(15(14)20)11-18-19-17(22)16(21)12-7-4-3-5-8-12/h3-11,16,20-21H,2H2,1H3,(H,19,22)/b18-11+. The number of nitrogens with zero attached hydrogens (tertiary/aromatic N) is 1. The van der Waals surface area contributed by atoms with E-state index in [0.717, 1.165) is 0 Å². The van der Waals surface area contributed by atoms with Gasteiger partial charge in [0.2, 0.25) is 0 Å². The Morgan fingerprint density at radius 3 is 2.70 bits per heavy atom. The van der Waals surface area contributed by atoms with Crippen molar-refractivity contribution in [2.45, 2.75) is 13.0 Å². The molecule has 0 saturated heterocycles. The highest BCUT2D eigenvalue weighted by atomic mass is 16.5. The molecule has 1 atom stereocenters. The van der Waals surface area contributed by atoms with Crippen LogP contribution < -0.4 is 10.2 Å². The minimum Gasteiger partial charge on any atom is -0.504 e. The minimum absolute atomic E-state index is 0.0593. The Bertz CT molecular complexity index is 686. The number of aliphatic hydroxyl groups excluding tert-OH is 1. The van der Waals surface area contributed by atoms with Gasteiger partial charge in [0.1, 0.15) is 0 Å². The fourth-order valence-corrected chi connectivity index (χ4v) is 1.93. The zero-order valence-corrected chi connectivity index (χ0v) is 12.6. The SMILES string of the molecule is CCOc1cccc(/C=N/NC(=O)C(O)c2ccccc2)c1O. The van der Waals surface area contributed by atoms with E-state index in [-0.39, 0.29) is 5.75 Å². The number of carbonyl (C=O) groups is 1. The van der Waals surface area contributed by atoms with Crippen molar-refractivity contribution in [1.82, 2.24) is 5.43 Å². The molecule has 0 aromatic heterocycles. The Hall–Kier alpha value is -2.86. The van der Waals surface area contributed by atoms with Crippen molar-refractivity contribution in [3.05, 3.63) is 59.7 Å². The van der Waals surface area contributed by atoms with Gasteiger partial charge in [0, 0.05) is 5.56 Å². The van der Waals surface area contributed by atoms with Gasteiger partial charge in [-0.1, -0.05) is 36.4 Å². The number of aromatic hydroxyl groups is 1. The molecule has 0 saturated carbocycles. The predicted molar refractivity (Wildman–Crippen MR) is 86.4 cm³/mol. The third-order valence-electron chi connectivity index (χ3n) is 3.07. The molecule has 1 amide bonds. The van der Waals surface area contributed by atoms with Crippen molar-refractivity contribution in [3.63, 3.8) is 0 Å². The molecule has 0 aliphatic heterocycles. The molecule has 120 valence electrons. The summed E-state index contributed by atoms with van der Waals surface area (Å²) in [6, 6.07) is 13.5. The van der Waals surface area contributed by atoms with E-state index in [9.17, 15) is 15.0 Å². The maximum atomic E-state index is 11.8. The number of phenolic OH excluding ortho intramolecular Hbond substituents is 1. The maximum Gasteiger partial charge on any atom is 0.273 e. The van der Waals surface area contributed by atoms with E-state index in [2.05, 4.69) is 10.5 Å². The molecule has 3 N–H and O–H groups in total. The molecular formula is C17H18N2O4. The summed E-state index contributed by atoms with van der Waals surface area (Å²) in [4.78, 5) is 11.8. The van der Waals surface area contributed by atoms with Crippen molar-refractivity contribution in [3.8, 4) is 11.5 Å². The van der Waals surface area contributed by atoms with Gasteiger partial charge in [-0.05, 0) is 24.6 Å². The zero-order valence-electron chi connectivity index (χ0n) is 12.6. The zero-order chi connectivity index (χ0) is 16.7. The first-order valence-electron chi connectivity index (χ1n) is 7.14. The average Bonchev–Trinajstić information content (AvgIpc) is 2.58. The number of hydrogen-bond donors (Lipinski definition) is 3. The van der Waals surface area contributed by atoms with Gasteiger partial charge in [-0.25, -0.2) is 5.43 Å². The van der Waals surface area contributed by atoms with Crippen LogP contribution >= 0.6 is 0 Å². The Morgan fingerprint density at radius 2 is 2.00 bits per heavy atom. The molecule has 0 bridgehead atoms. The van der Waals surface area contributed by atoms with Crippen LogP contribution in [0.25, 0.3) is 0 Å². The van der Waals surface area contributed by atoms with Gasteiger partial charge >= 0.3 is 0 Å². The third-order valence-corrected chi connectivity index (χ3v) is 3.07. The van der Waals surface area contributed by atoms with Crippen molar-refractivity contribution < 1.29 is 19.7 Å². The van der Waals surface area contributed by atoms with E-state index in [4.69, 9.17) is 4.74 Å². The lowest BCUT2D eigenvalue weighted by atomic mass is 10.1. The molecule has 1 unspecified atom stereocenters. The fraction of sp³-hybridized carbons (Fsp3) is 0.176. The van der Waals surface area contributed by atoms with Crippen LogP contribution in [0.4, 0.5) is 0 Å². The normalized spacial score (nSPS) is 12.1.